The fraction of sp³-hybridized carbons (Fsp3) is 0.529. The van der Waals surface area contributed by atoms with E-state index >= 15 is 0 Å². The molecule has 0 radical (unpaired) electrons. The highest BCUT2D eigenvalue weighted by Gasteiger charge is 2.20. The number of rotatable bonds is 4. The van der Waals surface area contributed by atoms with E-state index in [-0.39, 0.29) is 36.1 Å². The first kappa shape index (κ1) is 18.5. The van der Waals surface area contributed by atoms with Gasteiger partial charge in [0.15, 0.2) is 0 Å². The van der Waals surface area contributed by atoms with Crippen LogP contribution in [-0.4, -0.2) is 27.1 Å². The molecule has 1 fully saturated rings. The van der Waals surface area contributed by atoms with E-state index in [0.29, 0.717) is 13.0 Å². The van der Waals surface area contributed by atoms with Crippen molar-refractivity contribution in [3.05, 3.63) is 34.7 Å². The lowest BCUT2D eigenvalue weighted by Gasteiger charge is -2.26. The molecule has 1 aromatic carbocycles. The van der Waals surface area contributed by atoms with Gasteiger partial charge in [-0.25, -0.2) is 4.79 Å². The van der Waals surface area contributed by atoms with Gasteiger partial charge in [-0.2, -0.15) is 0 Å². The Labute approximate surface area is 147 Å². The molecule has 3 rings (SSSR count). The molecule has 7 heteroatoms. The fourth-order valence-corrected chi connectivity index (χ4v) is 3.36. The number of carbonyl (C=O) groups excluding carboxylic acids is 1. The molecule has 2 aromatic rings. The summed E-state index contributed by atoms with van der Waals surface area (Å²) >= 11 is 0. The number of imidazole rings is 1. The Bertz CT molecular complexity index is 760. The molecular weight excluding hydrogens is 328 g/mol. The predicted octanol–water partition coefficient (Wildman–Crippen LogP) is 1.54. The van der Waals surface area contributed by atoms with Crippen molar-refractivity contribution in [1.29, 1.82) is 0 Å². The molecule has 6 nitrogen and oxygen atoms in total. The quantitative estimate of drug-likeness (QED) is 0.875. The Balaban J connectivity index is 0.00000208. The van der Waals surface area contributed by atoms with E-state index < -0.39 is 0 Å². The van der Waals surface area contributed by atoms with Crippen LogP contribution in [0.1, 0.15) is 32.1 Å². The number of amides is 1. The van der Waals surface area contributed by atoms with Crippen molar-refractivity contribution < 1.29 is 4.79 Å². The number of hydrogen-bond acceptors (Lipinski definition) is 3. The third-order valence-corrected chi connectivity index (χ3v) is 4.75. The van der Waals surface area contributed by atoms with Crippen molar-refractivity contribution in [3.63, 3.8) is 0 Å². The largest absolute Gasteiger partial charge is 0.353 e. The smallest absolute Gasteiger partial charge is 0.328 e. The maximum atomic E-state index is 12.3. The van der Waals surface area contributed by atoms with E-state index in [1.54, 1.807) is 16.2 Å². The molecular formula is C17H25ClN4O2. The minimum absolute atomic E-state index is 0. The van der Waals surface area contributed by atoms with Gasteiger partial charge >= 0.3 is 5.69 Å². The van der Waals surface area contributed by atoms with Crippen LogP contribution in [0, 0.1) is 0 Å². The third-order valence-electron chi connectivity index (χ3n) is 4.75. The third kappa shape index (κ3) is 3.82. The molecule has 132 valence electrons. The lowest BCUT2D eigenvalue weighted by molar-refractivity contribution is -0.122. The van der Waals surface area contributed by atoms with Crippen LogP contribution in [0.5, 0.6) is 0 Å². The number of aromatic nitrogens is 2. The second kappa shape index (κ2) is 7.85. The summed E-state index contributed by atoms with van der Waals surface area (Å²) in [5.41, 5.74) is 7.56. The first-order valence-electron chi connectivity index (χ1n) is 8.25. The highest BCUT2D eigenvalue weighted by atomic mass is 35.5. The van der Waals surface area contributed by atoms with Gasteiger partial charge in [0, 0.05) is 32.1 Å². The molecule has 1 aromatic heterocycles. The van der Waals surface area contributed by atoms with Crippen LogP contribution < -0.4 is 16.7 Å². The fourth-order valence-electron chi connectivity index (χ4n) is 3.36. The van der Waals surface area contributed by atoms with Crippen molar-refractivity contribution in [1.82, 2.24) is 14.5 Å². The van der Waals surface area contributed by atoms with Crippen LogP contribution in [0.3, 0.4) is 0 Å². The Morgan fingerprint density at radius 1 is 1.21 bits per heavy atom. The number of benzene rings is 1. The van der Waals surface area contributed by atoms with Gasteiger partial charge in [0.25, 0.3) is 0 Å². The summed E-state index contributed by atoms with van der Waals surface area (Å²) in [5, 5.41) is 3.07. The molecule has 3 N–H and O–H groups in total. The number of nitrogens with two attached hydrogens (primary N) is 1. The molecule has 0 saturated heterocycles. The van der Waals surface area contributed by atoms with Gasteiger partial charge in [0.05, 0.1) is 11.0 Å². The van der Waals surface area contributed by atoms with Crippen LogP contribution >= 0.6 is 12.4 Å². The van der Waals surface area contributed by atoms with Gasteiger partial charge in [0.1, 0.15) is 0 Å². The normalized spacial score (nSPS) is 20.6. The monoisotopic (exact) mass is 352 g/mol. The number of para-hydroxylation sites is 2. The summed E-state index contributed by atoms with van der Waals surface area (Å²) in [7, 11) is 1.76. The standard InChI is InChI=1S/C17H24N4O2.ClH/c1-20-14-4-2-3-5-15(14)21(17(20)23)11-10-16(22)19-13-8-6-12(18)7-9-13;/h2-5,12-13H,6-11,18H2,1H3,(H,19,22);1H. The molecule has 1 aliphatic carbocycles. The topological polar surface area (TPSA) is 82.0 Å². The highest BCUT2D eigenvalue weighted by molar-refractivity contribution is 5.85. The zero-order valence-electron chi connectivity index (χ0n) is 13.9. The van der Waals surface area contributed by atoms with E-state index in [9.17, 15) is 9.59 Å². The molecule has 24 heavy (non-hydrogen) atoms. The molecule has 0 aliphatic heterocycles. The SMILES string of the molecule is Cl.Cn1c(=O)n(CCC(=O)NC2CCC(N)CC2)c2ccccc21. The van der Waals surface area contributed by atoms with E-state index in [1.165, 1.54) is 0 Å². The summed E-state index contributed by atoms with van der Waals surface area (Å²) in [6.45, 7) is 0.401. The van der Waals surface area contributed by atoms with Crippen molar-refractivity contribution in [2.24, 2.45) is 12.8 Å². The number of fused-ring (bicyclic) bond motifs is 1. The van der Waals surface area contributed by atoms with Crippen LogP contribution in [0.2, 0.25) is 0 Å². The van der Waals surface area contributed by atoms with E-state index in [2.05, 4.69) is 5.32 Å². The van der Waals surface area contributed by atoms with Crippen LogP contribution in [0.4, 0.5) is 0 Å². The Hall–Kier alpha value is -1.79. The average Bonchev–Trinajstić information content (AvgIpc) is 2.80. The summed E-state index contributed by atoms with van der Waals surface area (Å²) in [4.78, 5) is 24.5. The van der Waals surface area contributed by atoms with E-state index in [0.717, 1.165) is 36.7 Å². The number of halogens is 1. The minimum atomic E-state index is -0.0809. The summed E-state index contributed by atoms with van der Waals surface area (Å²) in [5.74, 6) is 0.00491. The van der Waals surface area contributed by atoms with Crippen LogP contribution in [0.25, 0.3) is 11.0 Å². The van der Waals surface area contributed by atoms with Crippen LogP contribution in [-0.2, 0) is 18.4 Å². The number of hydrogen-bond donors (Lipinski definition) is 2. The van der Waals surface area contributed by atoms with Gasteiger partial charge in [-0.05, 0) is 37.8 Å². The molecule has 1 saturated carbocycles. The van der Waals surface area contributed by atoms with Crippen molar-refractivity contribution in [3.8, 4) is 0 Å². The second-order valence-corrected chi connectivity index (χ2v) is 6.41. The molecule has 0 spiro atoms. The Morgan fingerprint density at radius 2 is 1.83 bits per heavy atom. The lowest BCUT2D eigenvalue weighted by Crippen LogP contribution is -2.40. The molecule has 1 amide bonds. The van der Waals surface area contributed by atoms with E-state index in [4.69, 9.17) is 5.73 Å². The summed E-state index contributed by atoms with van der Waals surface area (Å²) in [6, 6.07) is 8.15. The van der Waals surface area contributed by atoms with Crippen molar-refractivity contribution in [2.75, 3.05) is 0 Å². The Morgan fingerprint density at radius 3 is 2.50 bits per heavy atom. The highest BCUT2D eigenvalue weighted by Crippen LogP contribution is 2.17. The molecule has 0 bridgehead atoms. The number of aryl methyl sites for hydroxylation is 2. The summed E-state index contributed by atoms with van der Waals surface area (Å²) in [6.07, 6.45) is 4.14. The number of nitrogens with zero attached hydrogens (tertiary/aromatic N) is 2. The molecule has 1 aliphatic rings. The van der Waals surface area contributed by atoms with E-state index in [1.807, 2.05) is 24.3 Å². The lowest BCUT2D eigenvalue weighted by atomic mass is 9.92. The number of carbonyl (C=O) groups is 1. The van der Waals surface area contributed by atoms with Crippen molar-refractivity contribution >= 4 is 29.3 Å². The maximum Gasteiger partial charge on any atom is 0.328 e. The second-order valence-electron chi connectivity index (χ2n) is 6.41. The zero-order valence-corrected chi connectivity index (χ0v) is 14.7. The van der Waals surface area contributed by atoms with Gasteiger partial charge in [-0.3, -0.25) is 13.9 Å². The molecule has 0 unspecified atom stereocenters. The zero-order chi connectivity index (χ0) is 16.4. The maximum absolute atomic E-state index is 12.3. The Kier molecular flexibility index (Phi) is 6.07. The van der Waals surface area contributed by atoms with Gasteiger partial charge in [-0.15, -0.1) is 12.4 Å². The average molecular weight is 353 g/mol. The first-order chi connectivity index (χ1) is 11.1. The molecule has 0 atom stereocenters. The first-order valence-corrected chi connectivity index (χ1v) is 8.25. The minimum Gasteiger partial charge on any atom is -0.353 e. The molecule has 1 heterocycles. The van der Waals surface area contributed by atoms with Crippen molar-refractivity contribution in [2.45, 2.75) is 50.7 Å². The number of nitrogens with one attached hydrogen (secondary N) is 1. The van der Waals surface area contributed by atoms with Gasteiger partial charge < -0.3 is 11.1 Å². The summed E-state index contributed by atoms with van der Waals surface area (Å²) < 4.78 is 3.29. The predicted molar refractivity (Wildman–Crippen MR) is 97.4 cm³/mol. The van der Waals surface area contributed by atoms with Gasteiger partial charge in [-0.1, -0.05) is 12.1 Å². The van der Waals surface area contributed by atoms with Gasteiger partial charge in [0.2, 0.25) is 5.91 Å². The van der Waals surface area contributed by atoms with Crippen LogP contribution in [0.15, 0.2) is 29.1 Å².